The van der Waals surface area contributed by atoms with Gasteiger partial charge in [0.15, 0.2) is 0 Å². The lowest BCUT2D eigenvalue weighted by Crippen LogP contribution is -2.10. The number of halogens is 1. The average Bonchev–Trinajstić information content (AvgIpc) is 2.43. The Morgan fingerprint density at radius 2 is 1.68 bits per heavy atom. The van der Waals surface area contributed by atoms with E-state index in [-0.39, 0.29) is 5.82 Å². The van der Waals surface area contributed by atoms with Gasteiger partial charge in [0.25, 0.3) is 0 Å². The van der Waals surface area contributed by atoms with Crippen LogP contribution in [0.4, 0.5) is 26.2 Å². The predicted molar refractivity (Wildman–Crippen MR) is 72.2 cm³/mol. The van der Waals surface area contributed by atoms with E-state index in [9.17, 15) is 9.18 Å². The van der Waals surface area contributed by atoms with Gasteiger partial charge in [0, 0.05) is 11.4 Å². The summed E-state index contributed by atoms with van der Waals surface area (Å²) in [5, 5.41) is 5.48. The summed E-state index contributed by atoms with van der Waals surface area (Å²) in [4.78, 5) is 11.0. The monoisotopic (exact) mass is 260 g/mol. The fourth-order valence-corrected chi connectivity index (χ4v) is 1.52. The van der Waals surface area contributed by atoms with E-state index < -0.39 is 6.09 Å². The fourth-order valence-electron chi connectivity index (χ4n) is 1.52. The number of hydrogen-bond acceptors (Lipinski definition) is 3. The maximum Gasteiger partial charge on any atom is 0.411 e. The van der Waals surface area contributed by atoms with Crippen molar-refractivity contribution in [2.45, 2.75) is 0 Å². The van der Waals surface area contributed by atoms with E-state index in [1.54, 1.807) is 42.5 Å². The zero-order valence-electron chi connectivity index (χ0n) is 10.3. The van der Waals surface area contributed by atoms with Gasteiger partial charge in [0.05, 0.1) is 12.8 Å². The molecule has 0 saturated carbocycles. The Hall–Kier alpha value is -2.56. The van der Waals surface area contributed by atoms with Gasteiger partial charge in [-0.1, -0.05) is 12.1 Å². The van der Waals surface area contributed by atoms with Crippen LogP contribution in [0.15, 0.2) is 48.5 Å². The lowest BCUT2D eigenvalue weighted by molar-refractivity contribution is 0.187. The Kier molecular flexibility index (Phi) is 3.97. The number of hydrogen-bond donors (Lipinski definition) is 2. The maximum absolute atomic E-state index is 13.4. The van der Waals surface area contributed by atoms with Crippen molar-refractivity contribution in [2.24, 2.45) is 0 Å². The largest absolute Gasteiger partial charge is 0.453 e. The molecule has 0 radical (unpaired) electrons. The van der Waals surface area contributed by atoms with Gasteiger partial charge in [-0.3, -0.25) is 5.32 Å². The van der Waals surface area contributed by atoms with E-state index in [4.69, 9.17) is 0 Å². The molecule has 0 saturated heterocycles. The van der Waals surface area contributed by atoms with Gasteiger partial charge < -0.3 is 10.1 Å². The smallest absolute Gasteiger partial charge is 0.411 e. The van der Waals surface area contributed by atoms with Crippen LogP contribution < -0.4 is 10.6 Å². The molecule has 2 rings (SSSR count). The summed E-state index contributed by atoms with van der Waals surface area (Å²) in [6, 6.07) is 13.3. The number of anilines is 3. The van der Waals surface area contributed by atoms with E-state index in [1.165, 1.54) is 13.2 Å². The maximum atomic E-state index is 13.4. The third-order valence-electron chi connectivity index (χ3n) is 2.47. The average molecular weight is 260 g/mol. The number of nitrogens with one attached hydrogen (secondary N) is 2. The summed E-state index contributed by atoms with van der Waals surface area (Å²) < 4.78 is 17.9. The van der Waals surface area contributed by atoms with Gasteiger partial charge in [-0.15, -0.1) is 0 Å². The summed E-state index contributed by atoms with van der Waals surface area (Å²) in [5.74, 6) is -0.320. The van der Waals surface area contributed by atoms with Crippen LogP contribution in [0.2, 0.25) is 0 Å². The second-order valence-corrected chi connectivity index (χ2v) is 3.80. The zero-order valence-corrected chi connectivity index (χ0v) is 10.3. The van der Waals surface area contributed by atoms with Crippen LogP contribution >= 0.6 is 0 Å². The molecule has 0 aromatic heterocycles. The molecule has 4 nitrogen and oxygen atoms in total. The summed E-state index contributed by atoms with van der Waals surface area (Å²) in [5.41, 5.74) is 1.72. The highest BCUT2D eigenvalue weighted by Gasteiger charge is 2.02. The van der Waals surface area contributed by atoms with Gasteiger partial charge in [0.1, 0.15) is 5.82 Å². The fraction of sp³-hybridized carbons (Fsp3) is 0.0714. The summed E-state index contributed by atoms with van der Waals surface area (Å²) in [6.45, 7) is 0. The topological polar surface area (TPSA) is 50.4 Å². The van der Waals surface area contributed by atoms with Crippen LogP contribution in [-0.4, -0.2) is 13.2 Å². The highest BCUT2D eigenvalue weighted by atomic mass is 19.1. The van der Waals surface area contributed by atoms with Crippen molar-refractivity contribution >= 4 is 23.2 Å². The Morgan fingerprint density at radius 1 is 1.05 bits per heavy atom. The molecule has 0 aliphatic rings. The minimum Gasteiger partial charge on any atom is -0.453 e. The molecule has 2 N–H and O–H groups in total. The zero-order chi connectivity index (χ0) is 13.7. The summed E-state index contributed by atoms with van der Waals surface area (Å²) in [7, 11) is 1.30. The van der Waals surface area contributed by atoms with Crippen LogP contribution in [0.3, 0.4) is 0 Å². The molecule has 98 valence electrons. The van der Waals surface area contributed by atoms with Gasteiger partial charge >= 0.3 is 6.09 Å². The quantitative estimate of drug-likeness (QED) is 0.883. The molecule has 0 spiro atoms. The molecular formula is C14H13FN2O2. The van der Waals surface area contributed by atoms with Crippen LogP contribution in [0, 0.1) is 5.82 Å². The van der Waals surface area contributed by atoms with Crippen LogP contribution in [0.1, 0.15) is 0 Å². The SMILES string of the molecule is COC(=O)Nc1ccc(Nc2ccccc2F)cc1. The van der Waals surface area contributed by atoms with Gasteiger partial charge in [-0.2, -0.15) is 0 Å². The van der Waals surface area contributed by atoms with E-state index in [0.717, 1.165) is 5.69 Å². The van der Waals surface area contributed by atoms with Crippen molar-refractivity contribution in [3.05, 3.63) is 54.3 Å². The Balaban J connectivity index is 2.07. The van der Waals surface area contributed by atoms with Crippen LogP contribution in [0.25, 0.3) is 0 Å². The third kappa shape index (κ3) is 3.45. The minimum atomic E-state index is -0.533. The molecule has 19 heavy (non-hydrogen) atoms. The second-order valence-electron chi connectivity index (χ2n) is 3.80. The number of carbonyl (C=O) groups excluding carboxylic acids is 1. The normalized spacial score (nSPS) is 9.79. The van der Waals surface area contributed by atoms with E-state index in [1.807, 2.05) is 0 Å². The number of rotatable bonds is 3. The molecule has 0 aliphatic heterocycles. The van der Waals surface area contributed by atoms with Crippen molar-refractivity contribution in [3.63, 3.8) is 0 Å². The first-order valence-corrected chi connectivity index (χ1v) is 5.65. The molecule has 0 fully saturated rings. The van der Waals surface area contributed by atoms with Crippen molar-refractivity contribution in [1.82, 2.24) is 0 Å². The van der Waals surface area contributed by atoms with Crippen molar-refractivity contribution < 1.29 is 13.9 Å². The molecule has 0 heterocycles. The minimum absolute atomic E-state index is 0.320. The van der Waals surface area contributed by atoms with Crippen LogP contribution in [-0.2, 0) is 4.74 Å². The van der Waals surface area contributed by atoms with Gasteiger partial charge in [0.2, 0.25) is 0 Å². The first-order chi connectivity index (χ1) is 9.19. The lowest BCUT2D eigenvalue weighted by atomic mass is 10.2. The number of ether oxygens (including phenoxy) is 1. The van der Waals surface area contributed by atoms with Crippen molar-refractivity contribution in [2.75, 3.05) is 17.7 Å². The van der Waals surface area contributed by atoms with Crippen LogP contribution in [0.5, 0.6) is 0 Å². The molecule has 0 bridgehead atoms. The van der Waals surface area contributed by atoms with Crippen molar-refractivity contribution in [3.8, 4) is 0 Å². The highest BCUT2D eigenvalue weighted by Crippen LogP contribution is 2.21. The predicted octanol–water partition coefficient (Wildman–Crippen LogP) is 3.75. The number of para-hydroxylation sites is 1. The molecule has 0 unspecified atom stereocenters. The van der Waals surface area contributed by atoms with E-state index >= 15 is 0 Å². The molecule has 1 amide bonds. The molecule has 2 aromatic rings. The molecule has 0 aliphatic carbocycles. The second kappa shape index (κ2) is 5.86. The standard InChI is InChI=1S/C14H13FN2O2/c1-19-14(18)17-11-8-6-10(7-9-11)16-13-5-3-2-4-12(13)15/h2-9,16H,1H3,(H,17,18). The molecule has 0 atom stereocenters. The third-order valence-corrected chi connectivity index (χ3v) is 2.47. The Morgan fingerprint density at radius 3 is 2.32 bits per heavy atom. The number of carbonyl (C=O) groups is 1. The highest BCUT2D eigenvalue weighted by molar-refractivity contribution is 5.84. The Bertz CT molecular complexity index is 570. The Labute approximate surface area is 110 Å². The van der Waals surface area contributed by atoms with Crippen molar-refractivity contribution in [1.29, 1.82) is 0 Å². The lowest BCUT2D eigenvalue weighted by Gasteiger charge is -2.08. The first kappa shape index (κ1) is 12.9. The summed E-state index contributed by atoms with van der Waals surface area (Å²) in [6.07, 6.45) is -0.533. The first-order valence-electron chi connectivity index (χ1n) is 5.65. The molecule has 2 aromatic carbocycles. The van der Waals surface area contributed by atoms with Gasteiger partial charge in [-0.05, 0) is 36.4 Å². The molecular weight excluding hydrogens is 247 g/mol. The van der Waals surface area contributed by atoms with Gasteiger partial charge in [-0.25, -0.2) is 9.18 Å². The molecule has 5 heteroatoms. The number of amides is 1. The number of benzene rings is 2. The van der Waals surface area contributed by atoms with E-state index in [2.05, 4.69) is 15.4 Å². The van der Waals surface area contributed by atoms with E-state index in [0.29, 0.717) is 11.4 Å². The number of methoxy groups -OCH3 is 1. The summed E-state index contributed by atoms with van der Waals surface area (Å²) >= 11 is 0.